The Hall–Kier alpha value is -1.88. The lowest BCUT2D eigenvalue weighted by molar-refractivity contribution is -0.128. The van der Waals surface area contributed by atoms with E-state index in [1.54, 1.807) is 7.11 Å². The molecule has 0 saturated heterocycles. The van der Waals surface area contributed by atoms with Gasteiger partial charge in [0.05, 0.1) is 6.61 Å². The molecule has 1 aromatic carbocycles. The van der Waals surface area contributed by atoms with Gasteiger partial charge in [-0.25, -0.2) is 0 Å². The fourth-order valence-corrected chi connectivity index (χ4v) is 2.80. The molecule has 0 aliphatic heterocycles. The molecule has 2 N–H and O–H groups in total. The van der Waals surface area contributed by atoms with Crippen molar-refractivity contribution in [3.05, 3.63) is 30.3 Å². The second-order valence-corrected chi connectivity index (χ2v) is 5.69. The van der Waals surface area contributed by atoms with Crippen molar-refractivity contribution in [2.45, 2.75) is 25.7 Å². The molecule has 1 fully saturated rings. The first-order chi connectivity index (χ1) is 10.7. The number of nitrogens with one attached hydrogen (secondary N) is 2. The van der Waals surface area contributed by atoms with Crippen LogP contribution in [0.5, 0.6) is 0 Å². The Labute approximate surface area is 131 Å². The van der Waals surface area contributed by atoms with Gasteiger partial charge in [-0.3, -0.25) is 9.59 Å². The van der Waals surface area contributed by atoms with Crippen molar-refractivity contribution in [2.24, 2.45) is 11.8 Å². The number of hydrogen-bond acceptors (Lipinski definition) is 3. The molecule has 0 bridgehead atoms. The molecule has 1 aliphatic rings. The average Bonchev–Trinajstić information content (AvgIpc) is 2.56. The van der Waals surface area contributed by atoms with Crippen LogP contribution in [-0.2, 0) is 14.3 Å². The van der Waals surface area contributed by atoms with Gasteiger partial charge in [0.2, 0.25) is 11.8 Å². The summed E-state index contributed by atoms with van der Waals surface area (Å²) in [6.07, 6.45) is 3.07. The molecule has 0 unspecified atom stereocenters. The van der Waals surface area contributed by atoms with Gasteiger partial charge in [-0.05, 0) is 37.8 Å². The van der Waals surface area contributed by atoms with Crippen LogP contribution in [0.3, 0.4) is 0 Å². The second kappa shape index (κ2) is 8.54. The summed E-state index contributed by atoms with van der Waals surface area (Å²) in [4.78, 5) is 24.2. The van der Waals surface area contributed by atoms with Gasteiger partial charge >= 0.3 is 0 Å². The van der Waals surface area contributed by atoms with E-state index in [-0.39, 0.29) is 23.7 Å². The summed E-state index contributed by atoms with van der Waals surface area (Å²) in [6, 6.07) is 9.48. The predicted octanol–water partition coefficient (Wildman–Crippen LogP) is 2.19. The van der Waals surface area contributed by atoms with Crippen molar-refractivity contribution in [2.75, 3.05) is 25.6 Å². The fourth-order valence-electron chi connectivity index (χ4n) is 2.80. The molecule has 2 amide bonds. The molecule has 0 radical (unpaired) electrons. The number of carbonyl (C=O) groups excluding carboxylic acids is 2. The second-order valence-electron chi connectivity index (χ2n) is 5.69. The Bertz CT molecular complexity index is 482. The van der Waals surface area contributed by atoms with E-state index in [9.17, 15) is 9.59 Å². The maximum atomic E-state index is 12.2. The Morgan fingerprint density at radius 1 is 1.05 bits per heavy atom. The molecule has 2 rings (SSSR count). The van der Waals surface area contributed by atoms with Crippen LogP contribution in [0.4, 0.5) is 5.69 Å². The van der Waals surface area contributed by atoms with Crippen LogP contribution in [0, 0.1) is 11.8 Å². The lowest BCUT2D eigenvalue weighted by Crippen LogP contribution is -2.36. The van der Waals surface area contributed by atoms with Gasteiger partial charge in [-0.15, -0.1) is 0 Å². The molecular formula is C17H24N2O3. The summed E-state index contributed by atoms with van der Waals surface area (Å²) in [5.74, 6) is 0.171. The maximum absolute atomic E-state index is 12.2. The summed E-state index contributed by atoms with van der Waals surface area (Å²) in [5, 5.41) is 5.81. The molecule has 1 saturated carbocycles. The zero-order chi connectivity index (χ0) is 15.8. The molecule has 1 aliphatic carbocycles. The van der Waals surface area contributed by atoms with E-state index in [2.05, 4.69) is 10.6 Å². The molecule has 0 spiro atoms. The number of carbonyl (C=O) groups is 2. The Morgan fingerprint density at radius 2 is 1.64 bits per heavy atom. The molecule has 0 heterocycles. The Morgan fingerprint density at radius 3 is 2.23 bits per heavy atom. The summed E-state index contributed by atoms with van der Waals surface area (Å²) in [6.45, 7) is 1.07. The number of hydrogen-bond donors (Lipinski definition) is 2. The first kappa shape index (κ1) is 16.5. The molecule has 120 valence electrons. The minimum absolute atomic E-state index is 0.00299. The van der Waals surface area contributed by atoms with E-state index in [0.29, 0.717) is 13.2 Å². The van der Waals surface area contributed by atoms with Crippen LogP contribution in [0.1, 0.15) is 25.7 Å². The third-order valence-corrected chi connectivity index (χ3v) is 4.12. The van der Waals surface area contributed by atoms with Crippen LogP contribution in [0.2, 0.25) is 0 Å². The lowest BCUT2D eigenvalue weighted by atomic mass is 9.81. The van der Waals surface area contributed by atoms with E-state index in [1.165, 1.54) is 0 Å². The summed E-state index contributed by atoms with van der Waals surface area (Å²) < 4.78 is 4.92. The smallest absolute Gasteiger partial charge is 0.227 e. The van der Waals surface area contributed by atoms with Gasteiger partial charge in [-0.1, -0.05) is 18.2 Å². The van der Waals surface area contributed by atoms with Crippen molar-refractivity contribution in [3.63, 3.8) is 0 Å². The normalized spacial score (nSPS) is 21.1. The summed E-state index contributed by atoms with van der Waals surface area (Å²) >= 11 is 0. The molecule has 5 heteroatoms. The number of methoxy groups -OCH3 is 1. The zero-order valence-electron chi connectivity index (χ0n) is 13.0. The zero-order valence-corrected chi connectivity index (χ0v) is 13.0. The Balaban J connectivity index is 1.74. The van der Waals surface area contributed by atoms with Crippen molar-refractivity contribution in [3.8, 4) is 0 Å². The molecule has 0 aromatic heterocycles. The van der Waals surface area contributed by atoms with Crippen molar-refractivity contribution in [1.82, 2.24) is 5.32 Å². The first-order valence-corrected chi connectivity index (χ1v) is 7.83. The number of anilines is 1. The number of rotatable bonds is 6. The summed E-state index contributed by atoms with van der Waals surface area (Å²) in [7, 11) is 1.61. The van der Waals surface area contributed by atoms with Crippen LogP contribution in [0.15, 0.2) is 30.3 Å². The number of ether oxygens (including phenoxy) is 1. The van der Waals surface area contributed by atoms with Gasteiger partial charge in [0.1, 0.15) is 0 Å². The number of para-hydroxylation sites is 1. The highest BCUT2D eigenvalue weighted by Gasteiger charge is 2.29. The summed E-state index contributed by atoms with van der Waals surface area (Å²) in [5.41, 5.74) is 0.826. The van der Waals surface area contributed by atoms with E-state index in [0.717, 1.165) is 31.4 Å². The first-order valence-electron chi connectivity index (χ1n) is 7.83. The third kappa shape index (κ3) is 4.84. The third-order valence-electron chi connectivity index (χ3n) is 4.12. The number of amides is 2. The standard InChI is InChI=1S/C17H24N2O3/c1-22-12-11-18-16(20)13-7-9-14(10-8-13)17(21)19-15-5-3-2-4-6-15/h2-6,13-14H,7-12H2,1H3,(H,18,20)(H,19,21). The lowest BCUT2D eigenvalue weighted by Gasteiger charge is -2.27. The van der Waals surface area contributed by atoms with Crippen molar-refractivity contribution >= 4 is 17.5 Å². The molecule has 22 heavy (non-hydrogen) atoms. The highest BCUT2D eigenvalue weighted by molar-refractivity contribution is 5.92. The minimum atomic E-state index is 0.00299. The quantitative estimate of drug-likeness (QED) is 0.792. The van der Waals surface area contributed by atoms with Gasteiger partial charge in [0.25, 0.3) is 0 Å². The van der Waals surface area contributed by atoms with Crippen molar-refractivity contribution in [1.29, 1.82) is 0 Å². The van der Waals surface area contributed by atoms with Gasteiger partial charge in [0.15, 0.2) is 0 Å². The number of benzene rings is 1. The van der Waals surface area contributed by atoms with E-state index in [1.807, 2.05) is 30.3 Å². The van der Waals surface area contributed by atoms with Crippen LogP contribution in [-0.4, -0.2) is 32.1 Å². The van der Waals surface area contributed by atoms with Crippen LogP contribution >= 0.6 is 0 Å². The Kier molecular flexibility index (Phi) is 6.40. The fraction of sp³-hybridized carbons (Fsp3) is 0.529. The van der Waals surface area contributed by atoms with Gasteiger partial charge in [-0.2, -0.15) is 0 Å². The van der Waals surface area contributed by atoms with E-state index in [4.69, 9.17) is 4.74 Å². The maximum Gasteiger partial charge on any atom is 0.227 e. The van der Waals surface area contributed by atoms with Gasteiger partial charge in [0, 0.05) is 31.2 Å². The predicted molar refractivity (Wildman–Crippen MR) is 85.4 cm³/mol. The molecule has 0 atom stereocenters. The van der Waals surface area contributed by atoms with Crippen molar-refractivity contribution < 1.29 is 14.3 Å². The SMILES string of the molecule is COCCNC(=O)C1CCC(C(=O)Nc2ccccc2)CC1. The topological polar surface area (TPSA) is 67.4 Å². The largest absolute Gasteiger partial charge is 0.383 e. The molecule has 1 aromatic rings. The minimum Gasteiger partial charge on any atom is -0.383 e. The van der Waals surface area contributed by atoms with Crippen LogP contribution in [0.25, 0.3) is 0 Å². The average molecular weight is 304 g/mol. The van der Waals surface area contributed by atoms with E-state index < -0.39 is 0 Å². The molecular weight excluding hydrogens is 280 g/mol. The van der Waals surface area contributed by atoms with E-state index >= 15 is 0 Å². The van der Waals surface area contributed by atoms with Crippen LogP contribution < -0.4 is 10.6 Å². The highest BCUT2D eigenvalue weighted by Crippen LogP contribution is 2.29. The highest BCUT2D eigenvalue weighted by atomic mass is 16.5. The van der Waals surface area contributed by atoms with Gasteiger partial charge < -0.3 is 15.4 Å². The monoisotopic (exact) mass is 304 g/mol. The molecule has 5 nitrogen and oxygen atoms in total.